The summed E-state index contributed by atoms with van der Waals surface area (Å²) in [6, 6.07) is 2.53. The van der Waals surface area contributed by atoms with Crippen LogP contribution in [0.3, 0.4) is 0 Å². The number of imide groups is 1. The van der Waals surface area contributed by atoms with Crippen molar-refractivity contribution in [1.29, 1.82) is 0 Å². The summed E-state index contributed by atoms with van der Waals surface area (Å²) in [5.74, 6) is -3.35. The Hall–Kier alpha value is -3.59. The number of rotatable bonds is 3. The number of aliphatic imine (C=N–C) groups is 1. The number of carbonyl (C=O) groups is 2. The lowest BCUT2D eigenvalue weighted by Crippen LogP contribution is -2.66. The van der Waals surface area contributed by atoms with Crippen molar-refractivity contribution in [1.82, 2.24) is 14.9 Å². The van der Waals surface area contributed by atoms with E-state index >= 15 is 13.2 Å². The number of amides is 2. The number of ether oxygens (including phenoxy) is 2. The van der Waals surface area contributed by atoms with Crippen LogP contribution in [0.1, 0.15) is 79.1 Å². The van der Waals surface area contributed by atoms with Crippen LogP contribution < -0.4 is 0 Å². The Bertz CT molecular complexity index is 1660. The van der Waals surface area contributed by atoms with Crippen molar-refractivity contribution < 1.29 is 45.0 Å². The van der Waals surface area contributed by atoms with E-state index in [-0.39, 0.29) is 21.3 Å². The Kier molecular flexibility index (Phi) is 9.29. The van der Waals surface area contributed by atoms with Gasteiger partial charge in [-0.15, -0.1) is 0 Å². The van der Waals surface area contributed by atoms with Crippen molar-refractivity contribution in [3.63, 3.8) is 0 Å². The van der Waals surface area contributed by atoms with Gasteiger partial charge in [0.05, 0.1) is 12.4 Å². The van der Waals surface area contributed by atoms with Gasteiger partial charge in [-0.1, -0.05) is 17.7 Å². The number of carbonyl (C=O) groups excluding carboxylic acids is 2. The molecule has 10 nitrogen and oxygen atoms in total. The summed E-state index contributed by atoms with van der Waals surface area (Å²) in [4.78, 5) is 38.3. The standard InChI is InChI=1S/C29H33ClF4N4O6S/c1-25(2,3)43-23(39)38(24(40)44-26(4,5)6)22-27(7,8)45(41,42)29(33,34)28(9,37-22)17-12-16(10-11-18(17)31)13-19(32)20-14-36-21(30)15-35-20/h10-15H,1-9H3. The van der Waals surface area contributed by atoms with Gasteiger partial charge >= 0.3 is 17.4 Å². The summed E-state index contributed by atoms with van der Waals surface area (Å²) in [5.41, 5.74) is -7.24. The molecule has 45 heavy (non-hydrogen) atoms. The smallest absolute Gasteiger partial charge is 0.425 e. The molecule has 1 aromatic carbocycles. The Labute approximate surface area is 263 Å². The minimum atomic E-state index is -5.75. The number of hydrogen-bond acceptors (Lipinski definition) is 9. The fraction of sp³-hybridized carbons (Fsp3) is 0.483. The van der Waals surface area contributed by atoms with Crippen LogP contribution in [-0.4, -0.2) is 62.5 Å². The zero-order chi connectivity index (χ0) is 34.6. The molecular weight excluding hydrogens is 644 g/mol. The summed E-state index contributed by atoms with van der Waals surface area (Å²) in [6.45, 7) is 10.9. The number of halogens is 5. The monoisotopic (exact) mass is 676 g/mol. The molecule has 2 aromatic rings. The number of alkyl halides is 2. The molecular formula is C29H33ClF4N4O6S. The topological polar surface area (TPSA) is 128 Å². The van der Waals surface area contributed by atoms with Gasteiger partial charge in [0.2, 0.25) is 9.84 Å². The van der Waals surface area contributed by atoms with E-state index < -0.39 is 71.8 Å². The predicted molar refractivity (Wildman–Crippen MR) is 159 cm³/mol. The maximum atomic E-state index is 16.2. The molecule has 0 saturated heterocycles. The Morgan fingerprint density at radius 1 is 0.956 bits per heavy atom. The minimum Gasteiger partial charge on any atom is -0.443 e. The fourth-order valence-electron chi connectivity index (χ4n) is 4.17. The SMILES string of the molecule is CC(C)(C)OC(=O)N(C(=O)OC(C)(C)C)C1=NC(C)(c2cc(C=C(F)c3cnc(Cl)cn3)ccc2F)C(F)(F)S(=O)(=O)C1(C)C. The fourth-order valence-corrected chi connectivity index (χ4v) is 5.97. The van der Waals surface area contributed by atoms with E-state index in [1.54, 1.807) is 0 Å². The van der Waals surface area contributed by atoms with Crippen LogP contribution in [0, 0.1) is 5.82 Å². The van der Waals surface area contributed by atoms with E-state index in [0.717, 1.165) is 44.4 Å². The summed E-state index contributed by atoms with van der Waals surface area (Å²) >= 11 is 5.67. The molecule has 1 atom stereocenters. The maximum absolute atomic E-state index is 16.2. The molecule has 2 heterocycles. The second-order valence-electron chi connectivity index (χ2n) is 12.8. The van der Waals surface area contributed by atoms with Crippen LogP contribution in [0.15, 0.2) is 35.6 Å². The van der Waals surface area contributed by atoms with Crippen molar-refractivity contribution in [2.75, 3.05) is 0 Å². The highest BCUT2D eigenvalue weighted by molar-refractivity contribution is 7.94. The van der Waals surface area contributed by atoms with Gasteiger partial charge < -0.3 is 9.47 Å². The highest BCUT2D eigenvalue weighted by Crippen LogP contribution is 2.53. The lowest BCUT2D eigenvalue weighted by Gasteiger charge is -2.46. The van der Waals surface area contributed by atoms with Crippen molar-refractivity contribution >= 4 is 51.4 Å². The summed E-state index contributed by atoms with van der Waals surface area (Å²) in [6.07, 6.45) is -0.0672. The Balaban J connectivity index is 2.36. The normalized spacial score (nSPS) is 21.0. The van der Waals surface area contributed by atoms with E-state index in [9.17, 15) is 22.4 Å². The molecule has 16 heteroatoms. The van der Waals surface area contributed by atoms with Crippen molar-refractivity contribution in [2.45, 2.75) is 89.1 Å². The maximum Gasteiger partial charge on any atom is 0.425 e. The van der Waals surface area contributed by atoms with E-state index in [0.29, 0.717) is 13.0 Å². The van der Waals surface area contributed by atoms with E-state index in [1.165, 1.54) is 41.5 Å². The minimum absolute atomic E-state index is 0.0207. The number of nitrogens with zero attached hydrogens (tertiary/aromatic N) is 4. The van der Waals surface area contributed by atoms with E-state index in [1.807, 2.05) is 0 Å². The second kappa shape index (κ2) is 11.6. The van der Waals surface area contributed by atoms with Crippen LogP contribution in [0.25, 0.3) is 11.9 Å². The van der Waals surface area contributed by atoms with Gasteiger partial charge in [0.15, 0.2) is 11.4 Å². The summed E-state index contributed by atoms with van der Waals surface area (Å²) < 4.78 is 98.1. The first-order chi connectivity index (χ1) is 20.2. The number of amidine groups is 1. The van der Waals surface area contributed by atoms with Crippen molar-refractivity contribution in [3.05, 3.63) is 58.4 Å². The molecule has 3 rings (SSSR count). The molecule has 0 N–H and O–H groups in total. The average molecular weight is 677 g/mol. The van der Waals surface area contributed by atoms with Gasteiger partial charge in [-0.3, -0.25) is 4.99 Å². The molecule has 1 aliphatic rings. The summed E-state index contributed by atoms with van der Waals surface area (Å²) in [7, 11) is -5.75. The lowest BCUT2D eigenvalue weighted by molar-refractivity contribution is 0.000847. The molecule has 1 aliphatic heterocycles. The number of benzene rings is 1. The van der Waals surface area contributed by atoms with Crippen LogP contribution in [-0.2, 0) is 24.8 Å². The van der Waals surface area contributed by atoms with Gasteiger partial charge in [0, 0.05) is 5.56 Å². The van der Waals surface area contributed by atoms with Crippen LogP contribution in [0.2, 0.25) is 5.15 Å². The second-order valence-corrected chi connectivity index (χ2v) is 15.7. The van der Waals surface area contributed by atoms with Gasteiger partial charge in [-0.2, -0.15) is 13.7 Å². The largest absolute Gasteiger partial charge is 0.443 e. The zero-order valence-electron chi connectivity index (χ0n) is 26.0. The first-order valence-electron chi connectivity index (χ1n) is 13.4. The van der Waals surface area contributed by atoms with E-state index in [2.05, 4.69) is 15.0 Å². The molecule has 0 bridgehead atoms. The van der Waals surface area contributed by atoms with Crippen molar-refractivity contribution in [3.8, 4) is 0 Å². The van der Waals surface area contributed by atoms with Crippen LogP contribution in [0.4, 0.5) is 27.2 Å². The molecule has 1 aromatic heterocycles. The summed E-state index contributed by atoms with van der Waals surface area (Å²) in [5, 5.41) is -4.85. The molecule has 1 unspecified atom stereocenters. The van der Waals surface area contributed by atoms with E-state index in [4.69, 9.17) is 21.1 Å². The third-order valence-corrected chi connectivity index (χ3v) is 9.28. The average Bonchev–Trinajstić information content (AvgIpc) is 2.86. The quantitative estimate of drug-likeness (QED) is 0.309. The Morgan fingerprint density at radius 3 is 1.96 bits per heavy atom. The lowest BCUT2D eigenvalue weighted by atomic mass is 9.89. The molecule has 0 fully saturated rings. The molecule has 0 spiro atoms. The number of hydrogen-bond donors (Lipinski definition) is 0. The van der Waals surface area contributed by atoms with Gasteiger partial charge in [0.1, 0.15) is 38.4 Å². The van der Waals surface area contributed by atoms with Gasteiger partial charge in [-0.25, -0.2) is 36.8 Å². The molecule has 0 radical (unpaired) electrons. The molecule has 246 valence electrons. The highest BCUT2D eigenvalue weighted by atomic mass is 35.5. The first-order valence-corrected chi connectivity index (χ1v) is 15.2. The number of aromatic nitrogens is 2. The van der Waals surface area contributed by atoms with Gasteiger partial charge in [-0.05, 0) is 86.1 Å². The van der Waals surface area contributed by atoms with Crippen LogP contribution >= 0.6 is 11.6 Å². The Morgan fingerprint density at radius 2 is 1.49 bits per heavy atom. The predicted octanol–water partition coefficient (Wildman–Crippen LogP) is 7.32. The van der Waals surface area contributed by atoms with Crippen molar-refractivity contribution in [2.24, 2.45) is 4.99 Å². The third-order valence-electron chi connectivity index (χ3n) is 6.48. The zero-order valence-corrected chi connectivity index (χ0v) is 27.6. The van der Waals surface area contributed by atoms with Crippen LogP contribution in [0.5, 0.6) is 0 Å². The first kappa shape index (κ1) is 35.9. The van der Waals surface area contributed by atoms with Gasteiger partial charge in [0.25, 0.3) is 0 Å². The third kappa shape index (κ3) is 6.83. The molecule has 2 amide bonds. The molecule has 0 saturated carbocycles. The highest BCUT2D eigenvalue weighted by Gasteiger charge is 2.72. The number of sulfone groups is 1. The molecule has 0 aliphatic carbocycles.